The molecule has 1 atom stereocenters. The summed E-state index contributed by atoms with van der Waals surface area (Å²) in [6, 6.07) is 0. The molecule has 20 heavy (non-hydrogen) atoms. The molecule has 0 aliphatic heterocycles. The minimum atomic E-state index is 0.751. The van der Waals surface area contributed by atoms with Crippen molar-refractivity contribution in [3.05, 3.63) is 47.6 Å². The molecule has 0 aromatic rings. The summed E-state index contributed by atoms with van der Waals surface area (Å²) >= 11 is 0. The fourth-order valence-corrected chi connectivity index (χ4v) is 2.43. The summed E-state index contributed by atoms with van der Waals surface area (Å²) in [6.07, 6.45) is 9.65. The lowest BCUT2D eigenvalue weighted by Crippen LogP contribution is -1.97. The van der Waals surface area contributed by atoms with Gasteiger partial charge in [0.25, 0.3) is 0 Å². The molecule has 1 unspecified atom stereocenters. The zero-order chi connectivity index (χ0) is 15.7. The smallest absolute Gasteiger partial charge is 0.0244 e. The predicted molar refractivity (Wildman–Crippen MR) is 93.9 cm³/mol. The van der Waals surface area contributed by atoms with Gasteiger partial charge < -0.3 is 0 Å². The topological polar surface area (TPSA) is 0 Å². The SMILES string of the molecule is C=C(C)/C=C(C)/C(=C\CC(C)CCCC(C)C)C(=C)C. The van der Waals surface area contributed by atoms with Crippen LogP contribution in [0.15, 0.2) is 47.6 Å². The molecule has 0 rings (SSSR count). The summed E-state index contributed by atoms with van der Waals surface area (Å²) in [5.41, 5.74) is 4.82. The number of hydrogen-bond acceptors (Lipinski definition) is 0. The van der Waals surface area contributed by atoms with Gasteiger partial charge in [-0.1, -0.05) is 76.5 Å². The molecular weight excluding hydrogens is 240 g/mol. The predicted octanol–water partition coefficient (Wildman–Crippen LogP) is 6.86. The quantitative estimate of drug-likeness (QED) is 0.403. The molecule has 0 heteroatoms. The van der Waals surface area contributed by atoms with E-state index in [0.29, 0.717) is 0 Å². The fourth-order valence-electron chi connectivity index (χ4n) is 2.43. The molecule has 0 aromatic carbocycles. The van der Waals surface area contributed by atoms with Crippen LogP contribution < -0.4 is 0 Å². The van der Waals surface area contributed by atoms with Crippen molar-refractivity contribution < 1.29 is 0 Å². The Labute approximate surface area is 127 Å². The Morgan fingerprint density at radius 2 is 1.60 bits per heavy atom. The van der Waals surface area contributed by atoms with Crippen molar-refractivity contribution in [3.63, 3.8) is 0 Å². The van der Waals surface area contributed by atoms with E-state index in [4.69, 9.17) is 0 Å². The van der Waals surface area contributed by atoms with Gasteiger partial charge in [0.1, 0.15) is 0 Å². The van der Waals surface area contributed by atoms with Crippen LogP contribution in [0.2, 0.25) is 0 Å². The first-order valence-electron chi connectivity index (χ1n) is 7.94. The Bertz CT molecular complexity index is 377. The first kappa shape index (κ1) is 19.0. The highest BCUT2D eigenvalue weighted by molar-refractivity contribution is 5.45. The molecule has 0 spiro atoms. The van der Waals surface area contributed by atoms with Crippen LogP contribution in [0.3, 0.4) is 0 Å². The molecule has 0 fully saturated rings. The van der Waals surface area contributed by atoms with Gasteiger partial charge in [-0.15, -0.1) is 0 Å². The van der Waals surface area contributed by atoms with Gasteiger partial charge in [-0.2, -0.15) is 0 Å². The van der Waals surface area contributed by atoms with E-state index in [0.717, 1.165) is 29.4 Å². The van der Waals surface area contributed by atoms with Gasteiger partial charge in [0.15, 0.2) is 0 Å². The minimum Gasteiger partial charge on any atom is -0.0961 e. The maximum Gasteiger partial charge on any atom is -0.0244 e. The van der Waals surface area contributed by atoms with E-state index >= 15 is 0 Å². The largest absolute Gasteiger partial charge is 0.0961 e. The third-order valence-electron chi connectivity index (χ3n) is 3.55. The summed E-state index contributed by atoms with van der Waals surface area (Å²) in [4.78, 5) is 0. The minimum absolute atomic E-state index is 0.751. The van der Waals surface area contributed by atoms with Crippen LogP contribution in [0.1, 0.15) is 67.2 Å². The molecule has 0 radical (unpaired) electrons. The highest BCUT2D eigenvalue weighted by atomic mass is 14.1. The van der Waals surface area contributed by atoms with Gasteiger partial charge in [0.2, 0.25) is 0 Å². The zero-order valence-corrected chi connectivity index (χ0v) is 14.6. The Balaban J connectivity index is 4.56. The van der Waals surface area contributed by atoms with Crippen molar-refractivity contribution in [3.8, 4) is 0 Å². The monoisotopic (exact) mass is 274 g/mol. The van der Waals surface area contributed by atoms with E-state index in [-0.39, 0.29) is 0 Å². The van der Waals surface area contributed by atoms with E-state index in [2.05, 4.69) is 59.9 Å². The number of allylic oxidation sites excluding steroid dienone is 6. The first-order chi connectivity index (χ1) is 9.23. The van der Waals surface area contributed by atoms with Gasteiger partial charge in [-0.25, -0.2) is 0 Å². The zero-order valence-electron chi connectivity index (χ0n) is 14.6. The second-order valence-corrected chi connectivity index (χ2v) is 6.74. The van der Waals surface area contributed by atoms with E-state index in [1.165, 1.54) is 30.4 Å². The second kappa shape index (κ2) is 9.80. The van der Waals surface area contributed by atoms with Gasteiger partial charge in [-0.05, 0) is 50.2 Å². The maximum atomic E-state index is 4.11. The van der Waals surface area contributed by atoms with Crippen LogP contribution in [-0.4, -0.2) is 0 Å². The van der Waals surface area contributed by atoms with Gasteiger partial charge in [-0.3, -0.25) is 0 Å². The summed E-state index contributed by atoms with van der Waals surface area (Å²) in [6.45, 7) is 21.3. The fraction of sp³-hybridized carbons (Fsp3) is 0.600. The number of hydrogen-bond donors (Lipinski definition) is 0. The molecule has 0 aliphatic carbocycles. The normalized spacial score (nSPS) is 14.6. The molecule has 0 heterocycles. The van der Waals surface area contributed by atoms with Crippen LogP contribution in [0, 0.1) is 11.8 Å². The van der Waals surface area contributed by atoms with Crippen LogP contribution in [0.4, 0.5) is 0 Å². The third-order valence-corrected chi connectivity index (χ3v) is 3.55. The molecule has 0 nitrogen and oxygen atoms in total. The van der Waals surface area contributed by atoms with Crippen molar-refractivity contribution in [2.24, 2.45) is 11.8 Å². The summed E-state index contributed by atoms with van der Waals surface area (Å²) < 4.78 is 0. The molecule has 0 saturated heterocycles. The van der Waals surface area contributed by atoms with E-state index < -0.39 is 0 Å². The van der Waals surface area contributed by atoms with Crippen LogP contribution in [-0.2, 0) is 0 Å². The summed E-state index contributed by atoms with van der Waals surface area (Å²) in [5, 5.41) is 0. The number of rotatable bonds is 9. The van der Waals surface area contributed by atoms with Gasteiger partial charge >= 0.3 is 0 Å². The van der Waals surface area contributed by atoms with E-state index in [1.807, 2.05) is 6.92 Å². The van der Waals surface area contributed by atoms with Crippen LogP contribution >= 0.6 is 0 Å². The maximum absolute atomic E-state index is 4.11. The van der Waals surface area contributed by atoms with E-state index in [1.54, 1.807) is 0 Å². The highest BCUT2D eigenvalue weighted by Crippen LogP contribution is 2.22. The molecule has 0 amide bonds. The Hall–Kier alpha value is -1.04. The molecule has 114 valence electrons. The van der Waals surface area contributed by atoms with Crippen molar-refractivity contribution in [1.82, 2.24) is 0 Å². The Morgan fingerprint density at radius 3 is 2.05 bits per heavy atom. The first-order valence-corrected chi connectivity index (χ1v) is 7.94. The summed E-state index contributed by atoms with van der Waals surface area (Å²) in [5.74, 6) is 1.57. The molecule has 0 N–H and O–H groups in total. The molecular formula is C20H34. The van der Waals surface area contributed by atoms with E-state index in [9.17, 15) is 0 Å². The molecule has 0 aliphatic rings. The lowest BCUT2D eigenvalue weighted by molar-refractivity contribution is 0.460. The van der Waals surface area contributed by atoms with Gasteiger partial charge in [0, 0.05) is 0 Å². The molecule has 0 aromatic heterocycles. The van der Waals surface area contributed by atoms with Crippen LogP contribution in [0.25, 0.3) is 0 Å². The average Bonchev–Trinajstić information content (AvgIpc) is 2.26. The van der Waals surface area contributed by atoms with Crippen molar-refractivity contribution in [2.45, 2.75) is 67.2 Å². The highest BCUT2D eigenvalue weighted by Gasteiger charge is 2.05. The van der Waals surface area contributed by atoms with Crippen molar-refractivity contribution >= 4 is 0 Å². The molecule has 0 saturated carbocycles. The average molecular weight is 274 g/mol. The lowest BCUT2D eigenvalue weighted by atomic mass is 9.93. The van der Waals surface area contributed by atoms with Crippen LogP contribution in [0.5, 0.6) is 0 Å². The standard InChI is InChI=1S/C20H34/c1-15(2)10-9-11-18(7)12-13-20(17(5)6)19(8)14-16(3)4/h13-15,18H,3,5,9-12H2,1-2,4,6-8H3/b19-14+,20-13-. The third kappa shape index (κ3) is 8.96. The lowest BCUT2D eigenvalue weighted by Gasteiger charge is -2.13. The van der Waals surface area contributed by atoms with Crippen molar-refractivity contribution in [1.29, 1.82) is 0 Å². The Kier molecular flexibility index (Phi) is 9.29. The Morgan fingerprint density at radius 1 is 1.00 bits per heavy atom. The van der Waals surface area contributed by atoms with Gasteiger partial charge in [0.05, 0.1) is 0 Å². The van der Waals surface area contributed by atoms with Crippen molar-refractivity contribution in [2.75, 3.05) is 0 Å². The molecule has 0 bridgehead atoms. The second-order valence-electron chi connectivity index (χ2n) is 6.74. The summed E-state index contributed by atoms with van der Waals surface area (Å²) in [7, 11) is 0.